The normalized spacial score (nSPS) is 12.4. The molecule has 2 aromatic carbocycles. The topological polar surface area (TPSA) is 56.7 Å². The maximum Gasteiger partial charge on any atom is 0.253 e. The van der Waals surface area contributed by atoms with Gasteiger partial charge in [-0.2, -0.15) is 0 Å². The van der Waals surface area contributed by atoms with Crippen LogP contribution in [0.5, 0.6) is 0 Å². The lowest BCUT2D eigenvalue weighted by Crippen LogP contribution is -2.39. The Kier molecular flexibility index (Phi) is 7.67. The Bertz CT molecular complexity index is 804. The van der Waals surface area contributed by atoms with Crippen molar-refractivity contribution in [1.29, 1.82) is 0 Å². The Hall–Kier alpha value is -2.53. The summed E-state index contributed by atoms with van der Waals surface area (Å²) in [7, 11) is 5.25. The summed E-state index contributed by atoms with van der Waals surface area (Å²) in [5.74, 6) is 0.721. The lowest BCUT2D eigenvalue weighted by molar-refractivity contribution is 0.0827. The first-order chi connectivity index (χ1) is 12.9. The second-order valence-corrected chi connectivity index (χ2v) is 6.94. The van der Waals surface area contributed by atoms with Gasteiger partial charge in [-0.15, -0.1) is 0 Å². The van der Waals surface area contributed by atoms with Crippen molar-refractivity contribution in [3.8, 4) is 0 Å². The van der Waals surface area contributed by atoms with Crippen LogP contribution >= 0.6 is 11.6 Å². The van der Waals surface area contributed by atoms with Gasteiger partial charge in [0.2, 0.25) is 0 Å². The van der Waals surface area contributed by atoms with Crippen LogP contribution in [0.25, 0.3) is 0 Å². The van der Waals surface area contributed by atoms with Gasteiger partial charge in [-0.1, -0.05) is 41.9 Å². The van der Waals surface area contributed by atoms with Crippen LogP contribution < -0.4 is 10.6 Å². The van der Waals surface area contributed by atoms with Gasteiger partial charge in [0.25, 0.3) is 5.91 Å². The Labute approximate surface area is 166 Å². The van der Waals surface area contributed by atoms with Crippen LogP contribution in [0.1, 0.15) is 34.5 Å². The predicted molar refractivity (Wildman–Crippen MR) is 113 cm³/mol. The molecular weight excluding hydrogens is 360 g/mol. The van der Waals surface area contributed by atoms with Crippen molar-refractivity contribution in [3.63, 3.8) is 0 Å². The van der Waals surface area contributed by atoms with Crippen molar-refractivity contribution in [3.05, 3.63) is 70.2 Å². The van der Waals surface area contributed by atoms with Gasteiger partial charge < -0.3 is 15.5 Å². The van der Waals surface area contributed by atoms with Crippen molar-refractivity contribution in [2.75, 3.05) is 27.7 Å². The first-order valence-corrected chi connectivity index (χ1v) is 9.32. The molecule has 0 aromatic heterocycles. The minimum absolute atomic E-state index is 0.0100. The highest BCUT2D eigenvalue weighted by molar-refractivity contribution is 6.31. The van der Waals surface area contributed by atoms with Crippen LogP contribution in [0.3, 0.4) is 0 Å². The monoisotopic (exact) mass is 386 g/mol. The summed E-state index contributed by atoms with van der Waals surface area (Å²) in [6.45, 7) is 2.75. The largest absolute Gasteiger partial charge is 0.356 e. The van der Waals surface area contributed by atoms with Crippen LogP contribution in [0.2, 0.25) is 5.02 Å². The smallest absolute Gasteiger partial charge is 0.253 e. The van der Waals surface area contributed by atoms with Gasteiger partial charge in [-0.05, 0) is 42.7 Å². The SMILES string of the molecule is CN=C(NCCc1cccc(C(=O)N(C)C)c1)NC(C)c1ccccc1Cl. The van der Waals surface area contributed by atoms with E-state index >= 15 is 0 Å². The number of guanidine groups is 1. The molecule has 1 unspecified atom stereocenters. The highest BCUT2D eigenvalue weighted by Crippen LogP contribution is 2.21. The molecule has 0 aliphatic carbocycles. The molecule has 27 heavy (non-hydrogen) atoms. The van der Waals surface area contributed by atoms with E-state index < -0.39 is 0 Å². The Morgan fingerprint density at radius 1 is 1.19 bits per heavy atom. The van der Waals surface area contributed by atoms with Crippen LogP contribution in [0, 0.1) is 0 Å². The summed E-state index contributed by atoms with van der Waals surface area (Å²) in [4.78, 5) is 17.9. The molecular formula is C21H27ClN4O. The molecule has 0 saturated carbocycles. The molecule has 2 N–H and O–H groups in total. The van der Waals surface area contributed by atoms with E-state index in [9.17, 15) is 4.79 Å². The molecule has 0 aliphatic heterocycles. The molecule has 5 nitrogen and oxygen atoms in total. The number of benzene rings is 2. The van der Waals surface area contributed by atoms with E-state index in [-0.39, 0.29) is 11.9 Å². The molecule has 0 saturated heterocycles. The van der Waals surface area contributed by atoms with Crippen molar-refractivity contribution in [2.45, 2.75) is 19.4 Å². The number of nitrogens with zero attached hydrogens (tertiary/aromatic N) is 2. The van der Waals surface area contributed by atoms with Gasteiger partial charge >= 0.3 is 0 Å². The molecule has 2 rings (SSSR count). The quantitative estimate of drug-likeness (QED) is 0.590. The third-order valence-electron chi connectivity index (χ3n) is 4.23. The molecule has 1 amide bonds. The molecule has 0 bridgehead atoms. The third kappa shape index (κ3) is 6.00. The van der Waals surface area contributed by atoms with Gasteiger partial charge in [-0.25, -0.2) is 0 Å². The summed E-state index contributed by atoms with van der Waals surface area (Å²) < 4.78 is 0. The molecule has 0 aliphatic rings. The summed E-state index contributed by atoms with van der Waals surface area (Å²) in [5.41, 5.74) is 2.83. The van der Waals surface area contributed by atoms with Crippen molar-refractivity contribution in [1.82, 2.24) is 15.5 Å². The lowest BCUT2D eigenvalue weighted by Gasteiger charge is -2.19. The molecule has 0 fully saturated rings. The molecule has 0 radical (unpaired) electrons. The van der Waals surface area contributed by atoms with E-state index in [0.717, 1.165) is 22.6 Å². The van der Waals surface area contributed by atoms with E-state index in [4.69, 9.17) is 11.6 Å². The highest BCUT2D eigenvalue weighted by atomic mass is 35.5. The van der Waals surface area contributed by atoms with Crippen LogP contribution in [-0.2, 0) is 6.42 Å². The zero-order valence-electron chi connectivity index (χ0n) is 16.3. The maximum absolute atomic E-state index is 12.1. The van der Waals surface area contributed by atoms with E-state index in [1.165, 1.54) is 0 Å². The zero-order chi connectivity index (χ0) is 19.8. The summed E-state index contributed by atoms with van der Waals surface area (Å²) in [5, 5.41) is 7.39. The fourth-order valence-corrected chi connectivity index (χ4v) is 3.05. The molecule has 1 atom stereocenters. The second kappa shape index (κ2) is 9.97. The van der Waals surface area contributed by atoms with Crippen LogP contribution in [0.15, 0.2) is 53.5 Å². The molecule has 2 aromatic rings. The molecule has 6 heteroatoms. The number of aliphatic imine (C=N–C) groups is 1. The van der Waals surface area contributed by atoms with Crippen molar-refractivity contribution < 1.29 is 4.79 Å². The van der Waals surface area contributed by atoms with E-state index in [1.54, 1.807) is 26.0 Å². The fourth-order valence-electron chi connectivity index (χ4n) is 2.75. The summed E-state index contributed by atoms with van der Waals surface area (Å²) >= 11 is 6.26. The fraction of sp³-hybridized carbons (Fsp3) is 0.333. The van der Waals surface area contributed by atoms with E-state index in [1.807, 2.05) is 55.5 Å². The number of carbonyl (C=O) groups is 1. The number of rotatable bonds is 6. The molecule has 144 valence electrons. The number of carbonyl (C=O) groups excluding carboxylic acids is 1. The number of halogens is 1. The van der Waals surface area contributed by atoms with Crippen LogP contribution in [0.4, 0.5) is 0 Å². The van der Waals surface area contributed by atoms with Crippen molar-refractivity contribution >= 4 is 23.5 Å². The molecule has 0 heterocycles. The summed E-state index contributed by atoms with van der Waals surface area (Å²) in [6.07, 6.45) is 0.787. The number of hydrogen-bond donors (Lipinski definition) is 2. The summed E-state index contributed by atoms with van der Waals surface area (Å²) in [6, 6.07) is 15.5. The standard InChI is InChI=1S/C21H27ClN4O/c1-15(18-10-5-6-11-19(18)22)25-21(23-2)24-13-12-16-8-7-9-17(14-16)20(27)26(3)4/h5-11,14-15H,12-13H2,1-4H3,(H2,23,24,25). The predicted octanol–water partition coefficient (Wildman–Crippen LogP) is 3.51. The maximum atomic E-state index is 12.1. The lowest BCUT2D eigenvalue weighted by atomic mass is 10.1. The van der Waals surface area contributed by atoms with Crippen molar-refractivity contribution in [2.24, 2.45) is 4.99 Å². The van der Waals surface area contributed by atoms with Crippen LogP contribution in [-0.4, -0.2) is 44.5 Å². The first kappa shape index (κ1) is 20.8. The number of nitrogens with one attached hydrogen (secondary N) is 2. The minimum atomic E-state index is 0.0100. The number of amides is 1. The average Bonchev–Trinajstić information content (AvgIpc) is 2.67. The Balaban J connectivity index is 1.91. The molecule has 0 spiro atoms. The zero-order valence-corrected chi connectivity index (χ0v) is 17.0. The van der Waals surface area contributed by atoms with E-state index in [2.05, 4.69) is 15.6 Å². The van der Waals surface area contributed by atoms with E-state index in [0.29, 0.717) is 18.1 Å². The minimum Gasteiger partial charge on any atom is -0.356 e. The average molecular weight is 387 g/mol. The van der Waals surface area contributed by atoms with Gasteiger partial charge in [0.05, 0.1) is 6.04 Å². The highest BCUT2D eigenvalue weighted by Gasteiger charge is 2.11. The Morgan fingerprint density at radius 3 is 2.59 bits per heavy atom. The van der Waals surface area contributed by atoms with Gasteiger partial charge in [0.15, 0.2) is 5.96 Å². The van der Waals surface area contributed by atoms with Gasteiger partial charge in [-0.3, -0.25) is 9.79 Å². The first-order valence-electron chi connectivity index (χ1n) is 8.94. The van der Waals surface area contributed by atoms with Gasteiger partial charge in [0, 0.05) is 38.3 Å². The number of hydrogen-bond acceptors (Lipinski definition) is 2. The Morgan fingerprint density at radius 2 is 1.93 bits per heavy atom. The third-order valence-corrected chi connectivity index (χ3v) is 4.58. The van der Waals surface area contributed by atoms with Gasteiger partial charge in [0.1, 0.15) is 0 Å². The second-order valence-electron chi connectivity index (χ2n) is 6.54.